The van der Waals surface area contributed by atoms with E-state index in [1.807, 2.05) is 0 Å². The Morgan fingerprint density at radius 2 is 1.57 bits per heavy atom. The SMILES string of the molecule is CCCCC(O)CCCCC(C)(C)C. The van der Waals surface area contributed by atoms with E-state index in [0.29, 0.717) is 5.41 Å². The van der Waals surface area contributed by atoms with Crippen LogP contribution in [0.15, 0.2) is 0 Å². The normalized spacial score (nSPS) is 14.4. The molecule has 0 rings (SSSR count). The Hall–Kier alpha value is -0.0400. The monoisotopic (exact) mass is 200 g/mol. The summed E-state index contributed by atoms with van der Waals surface area (Å²) < 4.78 is 0. The van der Waals surface area contributed by atoms with Crippen molar-refractivity contribution in [3.8, 4) is 0 Å². The highest BCUT2D eigenvalue weighted by Crippen LogP contribution is 2.22. The van der Waals surface area contributed by atoms with Crippen molar-refractivity contribution in [1.82, 2.24) is 0 Å². The van der Waals surface area contributed by atoms with Gasteiger partial charge in [0.2, 0.25) is 0 Å². The quantitative estimate of drug-likeness (QED) is 0.612. The van der Waals surface area contributed by atoms with E-state index in [1.165, 1.54) is 32.1 Å². The molecular formula is C13H28O. The smallest absolute Gasteiger partial charge is 0.0540 e. The molecule has 0 aliphatic carbocycles. The molecule has 0 radical (unpaired) electrons. The van der Waals surface area contributed by atoms with Crippen LogP contribution in [-0.2, 0) is 0 Å². The van der Waals surface area contributed by atoms with Gasteiger partial charge in [-0.1, -0.05) is 53.4 Å². The van der Waals surface area contributed by atoms with Crippen molar-refractivity contribution in [2.24, 2.45) is 5.41 Å². The molecule has 86 valence electrons. The first-order valence-corrected chi connectivity index (χ1v) is 6.14. The van der Waals surface area contributed by atoms with Crippen LogP contribution in [0.1, 0.15) is 72.6 Å². The molecule has 0 aromatic carbocycles. The Labute approximate surface area is 89.9 Å². The maximum Gasteiger partial charge on any atom is 0.0540 e. The highest BCUT2D eigenvalue weighted by molar-refractivity contribution is 4.62. The van der Waals surface area contributed by atoms with Crippen LogP contribution in [0.2, 0.25) is 0 Å². The maximum absolute atomic E-state index is 9.61. The van der Waals surface area contributed by atoms with Crippen LogP contribution in [0, 0.1) is 5.41 Å². The molecule has 0 aliphatic heterocycles. The van der Waals surface area contributed by atoms with E-state index in [0.717, 1.165) is 12.8 Å². The van der Waals surface area contributed by atoms with Crippen molar-refractivity contribution in [2.75, 3.05) is 0 Å². The molecule has 0 saturated carbocycles. The van der Waals surface area contributed by atoms with E-state index in [4.69, 9.17) is 0 Å². The zero-order valence-corrected chi connectivity index (χ0v) is 10.5. The first kappa shape index (κ1) is 14.0. The summed E-state index contributed by atoms with van der Waals surface area (Å²) in [5, 5.41) is 9.61. The molecule has 0 heterocycles. The van der Waals surface area contributed by atoms with Crippen LogP contribution < -0.4 is 0 Å². The minimum Gasteiger partial charge on any atom is -0.393 e. The Morgan fingerprint density at radius 3 is 2.07 bits per heavy atom. The summed E-state index contributed by atoms with van der Waals surface area (Å²) in [7, 11) is 0. The highest BCUT2D eigenvalue weighted by Gasteiger charge is 2.10. The Kier molecular flexibility index (Phi) is 7.26. The summed E-state index contributed by atoms with van der Waals surface area (Å²) in [4.78, 5) is 0. The molecule has 0 bridgehead atoms. The first-order valence-electron chi connectivity index (χ1n) is 6.14. The van der Waals surface area contributed by atoms with Gasteiger partial charge in [-0.05, 0) is 24.7 Å². The molecule has 14 heavy (non-hydrogen) atoms. The highest BCUT2D eigenvalue weighted by atomic mass is 16.3. The van der Waals surface area contributed by atoms with Gasteiger partial charge in [-0.15, -0.1) is 0 Å². The lowest BCUT2D eigenvalue weighted by Gasteiger charge is -2.18. The molecule has 0 fully saturated rings. The molecule has 1 heteroatoms. The zero-order valence-electron chi connectivity index (χ0n) is 10.5. The van der Waals surface area contributed by atoms with Crippen LogP contribution in [0.3, 0.4) is 0 Å². The number of aliphatic hydroxyl groups excluding tert-OH is 1. The maximum atomic E-state index is 9.61. The lowest BCUT2D eigenvalue weighted by Crippen LogP contribution is -2.08. The van der Waals surface area contributed by atoms with Gasteiger partial charge >= 0.3 is 0 Å². The third kappa shape index (κ3) is 10.0. The van der Waals surface area contributed by atoms with Crippen LogP contribution in [0.4, 0.5) is 0 Å². The van der Waals surface area contributed by atoms with Crippen molar-refractivity contribution >= 4 is 0 Å². The largest absolute Gasteiger partial charge is 0.393 e. The van der Waals surface area contributed by atoms with Crippen molar-refractivity contribution in [3.63, 3.8) is 0 Å². The van der Waals surface area contributed by atoms with E-state index in [2.05, 4.69) is 27.7 Å². The van der Waals surface area contributed by atoms with Crippen LogP contribution in [-0.4, -0.2) is 11.2 Å². The molecule has 1 unspecified atom stereocenters. The van der Waals surface area contributed by atoms with E-state index in [1.54, 1.807) is 0 Å². The average molecular weight is 200 g/mol. The van der Waals surface area contributed by atoms with Crippen molar-refractivity contribution < 1.29 is 5.11 Å². The standard InChI is InChI=1S/C13H28O/c1-5-6-9-12(14)10-7-8-11-13(2,3)4/h12,14H,5-11H2,1-4H3. The van der Waals surface area contributed by atoms with Gasteiger partial charge in [0, 0.05) is 0 Å². The topological polar surface area (TPSA) is 20.2 Å². The second-order valence-corrected chi connectivity index (χ2v) is 5.60. The molecule has 0 aromatic rings. The second-order valence-electron chi connectivity index (χ2n) is 5.60. The molecule has 0 aliphatic rings. The average Bonchev–Trinajstić information content (AvgIpc) is 2.07. The van der Waals surface area contributed by atoms with Gasteiger partial charge in [0.05, 0.1) is 6.10 Å². The molecule has 0 amide bonds. The fourth-order valence-electron chi connectivity index (χ4n) is 1.62. The lowest BCUT2D eigenvalue weighted by molar-refractivity contribution is 0.146. The second kappa shape index (κ2) is 7.28. The van der Waals surface area contributed by atoms with Gasteiger partial charge in [-0.3, -0.25) is 0 Å². The number of rotatable bonds is 7. The molecule has 1 nitrogen and oxygen atoms in total. The predicted octanol–water partition coefficient (Wildman–Crippen LogP) is 4.14. The summed E-state index contributed by atoms with van der Waals surface area (Å²) in [5.74, 6) is 0. The van der Waals surface area contributed by atoms with E-state index >= 15 is 0 Å². The molecular weight excluding hydrogens is 172 g/mol. The fourth-order valence-corrected chi connectivity index (χ4v) is 1.62. The lowest BCUT2D eigenvalue weighted by atomic mass is 9.89. The van der Waals surface area contributed by atoms with Crippen molar-refractivity contribution in [3.05, 3.63) is 0 Å². The first-order chi connectivity index (χ1) is 6.45. The number of aliphatic hydroxyl groups is 1. The van der Waals surface area contributed by atoms with Gasteiger partial charge < -0.3 is 5.11 Å². The third-order valence-corrected chi connectivity index (χ3v) is 2.61. The summed E-state index contributed by atoms with van der Waals surface area (Å²) in [6, 6.07) is 0. The third-order valence-electron chi connectivity index (χ3n) is 2.61. The van der Waals surface area contributed by atoms with Gasteiger partial charge in [0.15, 0.2) is 0 Å². The molecule has 0 spiro atoms. The van der Waals surface area contributed by atoms with Gasteiger partial charge in [-0.25, -0.2) is 0 Å². The minimum atomic E-state index is -0.0464. The summed E-state index contributed by atoms with van der Waals surface area (Å²) >= 11 is 0. The van der Waals surface area contributed by atoms with Gasteiger partial charge in [-0.2, -0.15) is 0 Å². The molecule has 0 saturated heterocycles. The number of hydrogen-bond donors (Lipinski definition) is 1. The van der Waals surface area contributed by atoms with Crippen molar-refractivity contribution in [2.45, 2.75) is 78.7 Å². The summed E-state index contributed by atoms with van der Waals surface area (Å²) in [6.07, 6.45) is 8.01. The Morgan fingerprint density at radius 1 is 1.00 bits per heavy atom. The van der Waals surface area contributed by atoms with E-state index < -0.39 is 0 Å². The Bertz CT molecular complexity index is 124. The molecule has 1 atom stereocenters. The Balaban J connectivity index is 3.27. The van der Waals surface area contributed by atoms with Crippen molar-refractivity contribution in [1.29, 1.82) is 0 Å². The summed E-state index contributed by atoms with van der Waals surface area (Å²) in [5.41, 5.74) is 0.453. The number of unbranched alkanes of at least 4 members (excludes halogenated alkanes) is 2. The van der Waals surface area contributed by atoms with Crippen LogP contribution >= 0.6 is 0 Å². The van der Waals surface area contributed by atoms with E-state index in [9.17, 15) is 5.11 Å². The molecule has 1 N–H and O–H groups in total. The minimum absolute atomic E-state index is 0.0464. The van der Waals surface area contributed by atoms with Gasteiger partial charge in [0.25, 0.3) is 0 Å². The van der Waals surface area contributed by atoms with Crippen LogP contribution in [0.25, 0.3) is 0 Å². The summed E-state index contributed by atoms with van der Waals surface area (Å²) in [6.45, 7) is 9.01. The molecule has 0 aromatic heterocycles. The van der Waals surface area contributed by atoms with Crippen LogP contribution in [0.5, 0.6) is 0 Å². The zero-order chi connectivity index (χ0) is 11.0. The van der Waals surface area contributed by atoms with Gasteiger partial charge in [0.1, 0.15) is 0 Å². The predicted molar refractivity (Wildman–Crippen MR) is 63.5 cm³/mol. The fraction of sp³-hybridized carbons (Fsp3) is 1.00. The van der Waals surface area contributed by atoms with E-state index in [-0.39, 0.29) is 6.10 Å². The number of hydrogen-bond acceptors (Lipinski definition) is 1.